The molecular weight excluding hydrogens is 458 g/mol. The third-order valence-corrected chi connectivity index (χ3v) is 7.86. The fourth-order valence-electron chi connectivity index (χ4n) is 5.45. The lowest BCUT2D eigenvalue weighted by Crippen LogP contribution is -2.47. The molecule has 10 nitrogen and oxygen atoms in total. The first-order valence-electron chi connectivity index (χ1n) is 13.0. The van der Waals surface area contributed by atoms with Gasteiger partial charge in [0.05, 0.1) is 30.7 Å². The predicted molar refractivity (Wildman–Crippen MR) is 138 cm³/mol. The van der Waals surface area contributed by atoms with Crippen molar-refractivity contribution in [3.05, 3.63) is 46.6 Å². The lowest BCUT2D eigenvalue weighted by atomic mass is 10.0. The number of nitrogens with one attached hydrogen (secondary N) is 2. The molecule has 2 amide bonds. The van der Waals surface area contributed by atoms with Crippen molar-refractivity contribution < 1.29 is 9.53 Å². The third kappa shape index (κ3) is 4.57. The number of aromatic amines is 1. The second-order valence-electron chi connectivity index (χ2n) is 10.3. The van der Waals surface area contributed by atoms with E-state index in [1.807, 2.05) is 25.5 Å². The highest BCUT2D eigenvalue weighted by Gasteiger charge is 2.29. The Morgan fingerprint density at radius 2 is 2.00 bits per heavy atom. The highest BCUT2D eigenvalue weighted by Crippen LogP contribution is 2.40. The number of ether oxygens (including phenoxy) is 1. The van der Waals surface area contributed by atoms with E-state index < -0.39 is 0 Å². The van der Waals surface area contributed by atoms with E-state index >= 15 is 0 Å². The maximum Gasteiger partial charge on any atom is 0.321 e. The summed E-state index contributed by atoms with van der Waals surface area (Å²) in [6.07, 6.45) is 11.5. The van der Waals surface area contributed by atoms with Crippen LogP contribution < -0.4 is 15.8 Å². The molecular formula is C26H33N7O3. The highest BCUT2D eigenvalue weighted by molar-refractivity contribution is 5.89. The van der Waals surface area contributed by atoms with Gasteiger partial charge >= 0.3 is 6.03 Å². The molecule has 0 radical (unpaired) electrons. The van der Waals surface area contributed by atoms with Crippen molar-refractivity contribution in [2.75, 3.05) is 43.6 Å². The van der Waals surface area contributed by atoms with Crippen molar-refractivity contribution in [1.82, 2.24) is 24.6 Å². The molecule has 3 aliphatic rings. The maximum atomic E-state index is 13.3. The summed E-state index contributed by atoms with van der Waals surface area (Å²) in [6.45, 7) is 2.95. The van der Waals surface area contributed by atoms with Crippen LogP contribution in [0.5, 0.6) is 0 Å². The fraction of sp³-hybridized carbons (Fsp3) is 0.538. The number of piperidine rings is 1. The van der Waals surface area contributed by atoms with Gasteiger partial charge in [-0.15, -0.1) is 0 Å². The summed E-state index contributed by atoms with van der Waals surface area (Å²) in [5.74, 6) is 0.481. The SMILES string of the molecule is CN(C(=O)Nc1cc(C2CC2)cn(C2CCCOC2)c1=O)C1CCN(c2cnc3[nH]ncc3c2)CC1. The van der Waals surface area contributed by atoms with E-state index in [0.717, 1.165) is 80.5 Å². The third-order valence-electron chi connectivity index (χ3n) is 7.86. The molecule has 0 aromatic carbocycles. The summed E-state index contributed by atoms with van der Waals surface area (Å²) in [4.78, 5) is 35.0. The lowest BCUT2D eigenvalue weighted by molar-refractivity contribution is 0.0580. The van der Waals surface area contributed by atoms with Crippen LogP contribution in [0.2, 0.25) is 0 Å². The van der Waals surface area contributed by atoms with E-state index in [9.17, 15) is 9.59 Å². The summed E-state index contributed by atoms with van der Waals surface area (Å²) in [7, 11) is 1.83. The minimum Gasteiger partial charge on any atom is -0.379 e. The number of urea groups is 1. The molecule has 2 N–H and O–H groups in total. The molecule has 190 valence electrons. The van der Waals surface area contributed by atoms with Crippen molar-refractivity contribution in [1.29, 1.82) is 0 Å². The molecule has 36 heavy (non-hydrogen) atoms. The Hall–Kier alpha value is -3.40. The summed E-state index contributed by atoms with van der Waals surface area (Å²) in [6, 6.07) is 3.88. The van der Waals surface area contributed by atoms with E-state index in [-0.39, 0.29) is 23.7 Å². The van der Waals surface area contributed by atoms with Gasteiger partial charge < -0.3 is 24.4 Å². The number of rotatable bonds is 5. The topological polar surface area (TPSA) is 108 Å². The number of anilines is 2. The average molecular weight is 492 g/mol. The van der Waals surface area contributed by atoms with Gasteiger partial charge in [-0.2, -0.15) is 5.10 Å². The molecule has 1 saturated carbocycles. The quantitative estimate of drug-likeness (QED) is 0.566. The normalized spacial score (nSPS) is 21.0. The molecule has 3 aromatic heterocycles. The molecule has 3 fully saturated rings. The van der Waals surface area contributed by atoms with Gasteiger partial charge in [-0.1, -0.05) is 0 Å². The summed E-state index contributed by atoms with van der Waals surface area (Å²) in [5.41, 5.74) is 3.21. The summed E-state index contributed by atoms with van der Waals surface area (Å²) in [5, 5.41) is 10.9. The maximum absolute atomic E-state index is 13.3. The minimum absolute atomic E-state index is 0.0263. The number of carbonyl (C=O) groups is 1. The zero-order chi connectivity index (χ0) is 24.6. The largest absolute Gasteiger partial charge is 0.379 e. The van der Waals surface area contributed by atoms with Gasteiger partial charge in [-0.3, -0.25) is 9.89 Å². The van der Waals surface area contributed by atoms with Crippen LogP contribution in [0.1, 0.15) is 56.0 Å². The standard InChI is InChI=1S/C26H33N7O3/c1-31(20-6-8-32(9-7-20)22-11-18-13-28-30-24(18)27-14-22)26(35)29-23-12-19(17-4-5-17)15-33(25(23)34)21-3-2-10-36-16-21/h11-15,17,20-21H,2-10,16H2,1H3,(H,29,35)(H,27,28,30). The van der Waals surface area contributed by atoms with Gasteiger partial charge in [-0.25, -0.2) is 9.78 Å². The van der Waals surface area contributed by atoms with Gasteiger partial charge in [0.15, 0.2) is 5.65 Å². The molecule has 0 spiro atoms. The van der Waals surface area contributed by atoms with Crippen molar-refractivity contribution in [3.8, 4) is 0 Å². The van der Waals surface area contributed by atoms with Crippen LogP contribution in [0.3, 0.4) is 0 Å². The zero-order valence-electron chi connectivity index (χ0n) is 20.7. The minimum atomic E-state index is -0.230. The molecule has 6 rings (SSSR count). The molecule has 0 bridgehead atoms. The molecule has 2 aliphatic heterocycles. The summed E-state index contributed by atoms with van der Waals surface area (Å²) >= 11 is 0. The molecule has 2 saturated heterocycles. The smallest absolute Gasteiger partial charge is 0.321 e. The first-order valence-corrected chi connectivity index (χ1v) is 13.0. The number of fused-ring (bicyclic) bond motifs is 1. The van der Waals surface area contributed by atoms with E-state index in [0.29, 0.717) is 18.2 Å². The Balaban J connectivity index is 1.13. The zero-order valence-corrected chi connectivity index (χ0v) is 20.7. The highest BCUT2D eigenvalue weighted by atomic mass is 16.5. The Morgan fingerprint density at radius 1 is 1.17 bits per heavy atom. The van der Waals surface area contributed by atoms with E-state index in [4.69, 9.17) is 4.74 Å². The van der Waals surface area contributed by atoms with Crippen molar-refractivity contribution in [2.45, 2.75) is 56.5 Å². The molecule has 5 heterocycles. The second-order valence-corrected chi connectivity index (χ2v) is 10.3. The Labute approximate surface area is 209 Å². The average Bonchev–Trinajstić information content (AvgIpc) is 3.66. The molecule has 1 atom stereocenters. The van der Waals surface area contributed by atoms with Gasteiger partial charge in [-0.05, 0) is 62.1 Å². The van der Waals surface area contributed by atoms with Crippen LogP contribution in [0.25, 0.3) is 11.0 Å². The van der Waals surface area contributed by atoms with E-state index in [2.05, 4.69) is 31.5 Å². The lowest BCUT2D eigenvalue weighted by Gasteiger charge is -2.37. The number of amides is 2. The monoisotopic (exact) mass is 491 g/mol. The number of aromatic nitrogens is 4. The van der Waals surface area contributed by atoms with Crippen LogP contribution >= 0.6 is 0 Å². The number of H-pyrrole nitrogens is 1. The number of hydrogen-bond donors (Lipinski definition) is 2. The van der Waals surface area contributed by atoms with Crippen LogP contribution in [-0.2, 0) is 4.74 Å². The van der Waals surface area contributed by atoms with Gasteiger partial charge in [0, 0.05) is 44.4 Å². The predicted octanol–water partition coefficient (Wildman–Crippen LogP) is 3.48. The second kappa shape index (κ2) is 9.57. The number of carbonyl (C=O) groups excluding carboxylic acids is 1. The van der Waals surface area contributed by atoms with Gasteiger partial charge in [0.1, 0.15) is 5.69 Å². The Morgan fingerprint density at radius 3 is 2.75 bits per heavy atom. The number of pyridine rings is 2. The molecule has 1 aliphatic carbocycles. The van der Waals surface area contributed by atoms with Crippen molar-refractivity contribution in [2.24, 2.45) is 0 Å². The van der Waals surface area contributed by atoms with Crippen molar-refractivity contribution in [3.63, 3.8) is 0 Å². The summed E-state index contributed by atoms with van der Waals surface area (Å²) < 4.78 is 7.43. The van der Waals surface area contributed by atoms with E-state index in [1.54, 1.807) is 15.7 Å². The molecule has 1 unspecified atom stereocenters. The van der Waals surface area contributed by atoms with Gasteiger partial charge in [0.25, 0.3) is 5.56 Å². The van der Waals surface area contributed by atoms with Crippen LogP contribution in [0.4, 0.5) is 16.2 Å². The van der Waals surface area contributed by atoms with E-state index in [1.165, 1.54) is 0 Å². The first-order chi connectivity index (χ1) is 17.6. The Kier molecular flexibility index (Phi) is 6.12. The van der Waals surface area contributed by atoms with Crippen LogP contribution in [0.15, 0.2) is 35.5 Å². The van der Waals surface area contributed by atoms with Gasteiger partial charge in [0.2, 0.25) is 0 Å². The molecule has 10 heteroatoms. The molecule has 3 aromatic rings. The first kappa shape index (κ1) is 23.0. The van der Waals surface area contributed by atoms with Crippen LogP contribution in [0, 0.1) is 0 Å². The number of nitrogens with zero attached hydrogens (tertiary/aromatic N) is 5. The fourth-order valence-corrected chi connectivity index (χ4v) is 5.45. The Bertz CT molecular complexity index is 1300. The number of hydrogen-bond acceptors (Lipinski definition) is 6. The van der Waals surface area contributed by atoms with Crippen LogP contribution in [-0.4, -0.2) is 70.1 Å². The van der Waals surface area contributed by atoms with Crippen molar-refractivity contribution >= 4 is 28.4 Å².